The van der Waals surface area contributed by atoms with E-state index in [1.807, 2.05) is 0 Å². The molecule has 7 heteroatoms. The molecule has 0 atom stereocenters. The van der Waals surface area contributed by atoms with E-state index in [-0.39, 0.29) is 23.2 Å². The van der Waals surface area contributed by atoms with Crippen LogP contribution in [0.25, 0.3) is 0 Å². The Morgan fingerprint density at radius 2 is 1.90 bits per heavy atom. The Morgan fingerprint density at radius 1 is 1.25 bits per heavy atom. The number of halogens is 3. The Morgan fingerprint density at radius 3 is 2.50 bits per heavy atom. The van der Waals surface area contributed by atoms with Gasteiger partial charge in [0.05, 0.1) is 10.2 Å². The summed E-state index contributed by atoms with van der Waals surface area (Å²) in [7, 11) is 0. The van der Waals surface area contributed by atoms with E-state index in [2.05, 4.69) is 26.6 Å². The van der Waals surface area contributed by atoms with Crippen LogP contribution in [0.3, 0.4) is 0 Å². The van der Waals surface area contributed by atoms with Crippen LogP contribution in [-0.4, -0.2) is 24.8 Å². The molecule has 0 spiro atoms. The second kappa shape index (κ2) is 6.88. The lowest BCUT2D eigenvalue weighted by molar-refractivity contribution is 0.0530. The summed E-state index contributed by atoms with van der Waals surface area (Å²) in [5, 5.41) is 5.20. The van der Waals surface area contributed by atoms with Crippen LogP contribution in [0.1, 0.15) is 20.8 Å². The van der Waals surface area contributed by atoms with Crippen molar-refractivity contribution >= 4 is 27.7 Å². The maximum atomic E-state index is 13.5. The van der Waals surface area contributed by atoms with E-state index in [0.29, 0.717) is 0 Å². The first-order valence-electron chi connectivity index (χ1n) is 6.04. The fourth-order valence-electron chi connectivity index (χ4n) is 1.33. The second-order valence-electron chi connectivity index (χ2n) is 5.10. The maximum absolute atomic E-state index is 13.5. The van der Waals surface area contributed by atoms with Crippen molar-refractivity contribution in [3.63, 3.8) is 0 Å². The lowest BCUT2D eigenvalue weighted by atomic mass is 10.2. The van der Waals surface area contributed by atoms with Crippen LogP contribution in [0, 0.1) is 11.6 Å². The number of carbonyl (C=O) groups is 1. The molecule has 0 heterocycles. The molecule has 2 N–H and O–H groups in total. The fourth-order valence-corrected chi connectivity index (χ4v) is 1.65. The predicted molar refractivity (Wildman–Crippen MR) is 76.8 cm³/mol. The van der Waals surface area contributed by atoms with Crippen molar-refractivity contribution in [1.29, 1.82) is 0 Å². The van der Waals surface area contributed by atoms with Crippen molar-refractivity contribution in [3.05, 3.63) is 28.2 Å². The molecule has 1 rings (SSSR count). The number of benzene rings is 1. The zero-order valence-corrected chi connectivity index (χ0v) is 13.1. The highest BCUT2D eigenvalue weighted by atomic mass is 79.9. The Hall–Kier alpha value is -1.37. The Labute approximate surface area is 125 Å². The van der Waals surface area contributed by atoms with Gasteiger partial charge in [-0.25, -0.2) is 13.6 Å². The van der Waals surface area contributed by atoms with E-state index < -0.39 is 23.3 Å². The first-order chi connectivity index (χ1) is 9.19. The monoisotopic (exact) mass is 350 g/mol. The average molecular weight is 351 g/mol. The molecule has 1 amide bonds. The van der Waals surface area contributed by atoms with Crippen LogP contribution in [-0.2, 0) is 4.74 Å². The number of rotatable bonds is 4. The van der Waals surface area contributed by atoms with Gasteiger partial charge in [-0.15, -0.1) is 0 Å². The van der Waals surface area contributed by atoms with Crippen molar-refractivity contribution < 1.29 is 18.3 Å². The Balaban J connectivity index is 2.38. The van der Waals surface area contributed by atoms with E-state index in [1.54, 1.807) is 20.8 Å². The third-order valence-corrected chi connectivity index (χ3v) is 2.73. The number of ether oxygens (including phenoxy) is 1. The first-order valence-corrected chi connectivity index (χ1v) is 6.83. The molecular formula is C13H17BrF2N2O2. The van der Waals surface area contributed by atoms with Gasteiger partial charge < -0.3 is 15.4 Å². The van der Waals surface area contributed by atoms with Gasteiger partial charge >= 0.3 is 6.09 Å². The van der Waals surface area contributed by atoms with Crippen molar-refractivity contribution in [2.45, 2.75) is 26.4 Å². The molecule has 0 radical (unpaired) electrons. The second-order valence-corrected chi connectivity index (χ2v) is 5.96. The highest BCUT2D eigenvalue weighted by Gasteiger charge is 2.15. The van der Waals surface area contributed by atoms with Crippen LogP contribution in [0.2, 0.25) is 0 Å². The average Bonchev–Trinajstić information content (AvgIpc) is 2.28. The predicted octanol–water partition coefficient (Wildman–Crippen LogP) is 3.66. The summed E-state index contributed by atoms with van der Waals surface area (Å²) in [6.07, 6.45) is -0.554. The molecule has 0 aromatic heterocycles. The molecule has 0 aliphatic heterocycles. The van der Waals surface area contributed by atoms with Crippen molar-refractivity contribution in [2.75, 3.05) is 18.4 Å². The number of amides is 1. The standard InChI is InChI=1S/C13H17BrF2N2O2/c1-13(2,3)20-12(19)18-5-4-17-11-7-9(15)8(14)6-10(11)16/h6-7,17H,4-5H2,1-3H3,(H,18,19). The van der Waals surface area contributed by atoms with E-state index in [4.69, 9.17) is 4.74 Å². The smallest absolute Gasteiger partial charge is 0.407 e. The number of alkyl carbamates (subject to hydrolysis) is 1. The van der Waals surface area contributed by atoms with Crippen LogP contribution < -0.4 is 10.6 Å². The highest BCUT2D eigenvalue weighted by Crippen LogP contribution is 2.22. The van der Waals surface area contributed by atoms with Gasteiger partial charge in [0.2, 0.25) is 0 Å². The zero-order valence-electron chi connectivity index (χ0n) is 11.5. The van der Waals surface area contributed by atoms with Crippen LogP contribution in [0.15, 0.2) is 16.6 Å². The van der Waals surface area contributed by atoms with E-state index in [9.17, 15) is 13.6 Å². The Kier molecular flexibility index (Phi) is 5.74. The molecule has 1 aromatic carbocycles. The minimum absolute atomic E-state index is 0.0386. The lowest BCUT2D eigenvalue weighted by Crippen LogP contribution is -2.35. The molecule has 0 aliphatic rings. The van der Waals surface area contributed by atoms with Gasteiger partial charge in [0, 0.05) is 19.2 Å². The molecule has 0 fully saturated rings. The third kappa shape index (κ3) is 5.73. The fraction of sp³-hybridized carbons (Fsp3) is 0.462. The highest BCUT2D eigenvalue weighted by molar-refractivity contribution is 9.10. The summed E-state index contributed by atoms with van der Waals surface area (Å²) in [5.41, 5.74) is -0.532. The minimum atomic E-state index is -0.574. The normalized spacial score (nSPS) is 11.1. The van der Waals surface area contributed by atoms with Crippen molar-refractivity contribution in [3.8, 4) is 0 Å². The van der Waals surface area contributed by atoms with Gasteiger partial charge in [-0.3, -0.25) is 0 Å². The van der Waals surface area contributed by atoms with E-state index in [0.717, 1.165) is 12.1 Å². The van der Waals surface area contributed by atoms with Crippen LogP contribution in [0.5, 0.6) is 0 Å². The minimum Gasteiger partial charge on any atom is -0.444 e. The number of anilines is 1. The van der Waals surface area contributed by atoms with E-state index >= 15 is 0 Å². The lowest BCUT2D eigenvalue weighted by Gasteiger charge is -2.19. The molecule has 4 nitrogen and oxygen atoms in total. The summed E-state index contributed by atoms with van der Waals surface area (Å²) in [4.78, 5) is 11.3. The quantitative estimate of drug-likeness (QED) is 0.643. The molecule has 0 saturated heterocycles. The van der Waals surface area contributed by atoms with Gasteiger partial charge in [-0.1, -0.05) is 0 Å². The molecule has 0 bridgehead atoms. The number of hydrogen-bond donors (Lipinski definition) is 2. The summed E-state index contributed by atoms with van der Waals surface area (Å²) in [6, 6.07) is 2.09. The summed E-state index contributed by atoms with van der Waals surface area (Å²) in [5.74, 6) is -1.13. The molecule has 0 unspecified atom stereocenters. The molecular weight excluding hydrogens is 334 g/mol. The SMILES string of the molecule is CC(C)(C)OC(=O)NCCNc1cc(F)c(Br)cc1F. The summed E-state index contributed by atoms with van der Waals surface area (Å²) >= 11 is 2.89. The number of carbonyl (C=O) groups excluding carboxylic acids is 1. The maximum Gasteiger partial charge on any atom is 0.407 e. The molecule has 1 aromatic rings. The number of hydrogen-bond acceptors (Lipinski definition) is 3. The van der Waals surface area contributed by atoms with Gasteiger partial charge in [-0.2, -0.15) is 0 Å². The molecule has 20 heavy (non-hydrogen) atoms. The summed E-state index contributed by atoms with van der Waals surface area (Å²) in [6.45, 7) is 5.74. The summed E-state index contributed by atoms with van der Waals surface area (Å²) < 4.78 is 31.8. The van der Waals surface area contributed by atoms with Gasteiger partial charge in [0.15, 0.2) is 0 Å². The largest absolute Gasteiger partial charge is 0.444 e. The first kappa shape index (κ1) is 16.7. The van der Waals surface area contributed by atoms with Gasteiger partial charge in [0.1, 0.15) is 17.2 Å². The molecule has 112 valence electrons. The molecule has 0 saturated carbocycles. The van der Waals surface area contributed by atoms with Gasteiger partial charge in [0.25, 0.3) is 0 Å². The number of nitrogens with one attached hydrogen (secondary N) is 2. The molecule has 0 aliphatic carbocycles. The topological polar surface area (TPSA) is 50.4 Å². The van der Waals surface area contributed by atoms with Gasteiger partial charge in [-0.05, 0) is 42.8 Å². The van der Waals surface area contributed by atoms with Crippen LogP contribution in [0.4, 0.5) is 19.3 Å². The Bertz CT molecular complexity index is 490. The third-order valence-electron chi connectivity index (χ3n) is 2.12. The van der Waals surface area contributed by atoms with E-state index in [1.165, 1.54) is 0 Å². The van der Waals surface area contributed by atoms with Crippen LogP contribution >= 0.6 is 15.9 Å². The zero-order chi connectivity index (χ0) is 15.3. The van der Waals surface area contributed by atoms with Crippen molar-refractivity contribution in [2.24, 2.45) is 0 Å². The van der Waals surface area contributed by atoms with Crippen molar-refractivity contribution in [1.82, 2.24) is 5.32 Å².